The first kappa shape index (κ1) is 18.7. The third-order valence-electron chi connectivity index (χ3n) is 5.13. The summed E-state index contributed by atoms with van der Waals surface area (Å²) in [5, 5.41) is 0. The van der Waals surface area contributed by atoms with Crippen molar-refractivity contribution in [1.29, 1.82) is 0 Å². The van der Waals surface area contributed by atoms with E-state index in [1.165, 1.54) is 16.9 Å². The Hall–Kier alpha value is -2.66. The van der Waals surface area contributed by atoms with Crippen molar-refractivity contribution >= 4 is 27.3 Å². The Kier molecular flexibility index (Phi) is 5.44. The zero-order valence-electron chi connectivity index (χ0n) is 16.0. The van der Waals surface area contributed by atoms with Crippen LogP contribution in [0.2, 0.25) is 0 Å². The van der Waals surface area contributed by atoms with Crippen LogP contribution in [0.15, 0.2) is 77.3 Å². The topological polar surface area (TPSA) is 24.9 Å². The van der Waals surface area contributed by atoms with Gasteiger partial charge in [0.25, 0.3) is 0 Å². The average Bonchev–Trinajstić information content (AvgIpc) is 3.19. The Morgan fingerprint density at radius 1 is 0.750 bits per heavy atom. The molecule has 28 heavy (non-hydrogen) atoms. The van der Waals surface area contributed by atoms with Crippen LogP contribution in [0.1, 0.15) is 11.7 Å². The van der Waals surface area contributed by atoms with Gasteiger partial charge in [0.15, 0.2) is 0 Å². The number of hydrogen-bond acceptors (Lipinski definition) is 4. The maximum absolute atomic E-state index is 5.32. The molecule has 3 aromatic rings. The number of benzene rings is 3. The Balaban J connectivity index is 1.73. The van der Waals surface area contributed by atoms with E-state index in [4.69, 9.17) is 9.47 Å². The molecule has 0 amide bonds. The van der Waals surface area contributed by atoms with Crippen molar-refractivity contribution in [3.63, 3.8) is 0 Å². The van der Waals surface area contributed by atoms with Crippen LogP contribution in [0.25, 0.3) is 0 Å². The van der Waals surface area contributed by atoms with Gasteiger partial charge in [0.1, 0.15) is 17.7 Å². The Labute approximate surface area is 174 Å². The van der Waals surface area contributed by atoms with Crippen LogP contribution >= 0.6 is 15.9 Å². The first-order valence-corrected chi connectivity index (χ1v) is 10.1. The van der Waals surface area contributed by atoms with Gasteiger partial charge in [0, 0.05) is 28.9 Å². The lowest BCUT2D eigenvalue weighted by Crippen LogP contribution is -2.30. The maximum atomic E-state index is 5.32. The smallest absolute Gasteiger partial charge is 0.128 e. The normalized spacial score (nSPS) is 14.4. The van der Waals surface area contributed by atoms with Crippen molar-refractivity contribution in [2.45, 2.75) is 6.17 Å². The summed E-state index contributed by atoms with van der Waals surface area (Å²) < 4.78 is 11.7. The molecule has 144 valence electrons. The Bertz CT molecular complexity index is 873. The third-order valence-corrected chi connectivity index (χ3v) is 5.62. The number of rotatable bonds is 5. The van der Waals surface area contributed by atoms with E-state index in [-0.39, 0.29) is 6.17 Å². The quantitative estimate of drug-likeness (QED) is 0.525. The summed E-state index contributed by atoms with van der Waals surface area (Å²) in [7, 11) is 3.39. The molecule has 0 aromatic heterocycles. The summed E-state index contributed by atoms with van der Waals surface area (Å²) in [6.07, 6.45) is 0.110. The summed E-state index contributed by atoms with van der Waals surface area (Å²) in [5.41, 5.74) is 3.61. The molecule has 0 bridgehead atoms. The van der Waals surface area contributed by atoms with Crippen LogP contribution < -0.4 is 19.3 Å². The van der Waals surface area contributed by atoms with Crippen LogP contribution in [-0.4, -0.2) is 27.3 Å². The van der Waals surface area contributed by atoms with Gasteiger partial charge in [-0.2, -0.15) is 0 Å². The van der Waals surface area contributed by atoms with Gasteiger partial charge < -0.3 is 19.3 Å². The first-order chi connectivity index (χ1) is 13.7. The SMILES string of the molecule is COc1ccc(N2CCN(c3ccc(OC)cc3)C2c2cccc(Br)c2)cc1. The van der Waals surface area contributed by atoms with E-state index in [9.17, 15) is 0 Å². The van der Waals surface area contributed by atoms with Crippen LogP contribution in [0.5, 0.6) is 11.5 Å². The minimum atomic E-state index is 0.110. The fourth-order valence-corrected chi connectivity index (χ4v) is 4.16. The van der Waals surface area contributed by atoms with E-state index < -0.39 is 0 Å². The monoisotopic (exact) mass is 438 g/mol. The van der Waals surface area contributed by atoms with E-state index in [1.54, 1.807) is 14.2 Å². The molecule has 0 saturated carbocycles. The molecule has 0 aliphatic carbocycles. The minimum Gasteiger partial charge on any atom is -0.497 e. The molecule has 0 radical (unpaired) electrons. The number of ether oxygens (including phenoxy) is 2. The summed E-state index contributed by atoms with van der Waals surface area (Å²) in [6, 6.07) is 25.1. The molecule has 0 unspecified atom stereocenters. The van der Waals surface area contributed by atoms with E-state index in [0.29, 0.717) is 0 Å². The molecule has 0 atom stereocenters. The van der Waals surface area contributed by atoms with Gasteiger partial charge in [-0.25, -0.2) is 0 Å². The number of nitrogens with zero attached hydrogens (tertiary/aromatic N) is 2. The molecule has 1 aliphatic rings. The predicted molar refractivity (Wildman–Crippen MR) is 118 cm³/mol. The highest BCUT2D eigenvalue weighted by atomic mass is 79.9. The van der Waals surface area contributed by atoms with Crippen molar-refractivity contribution in [2.75, 3.05) is 37.1 Å². The molecular formula is C23H23BrN2O2. The lowest BCUT2D eigenvalue weighted by molar-refractivity contribution is 0.414. The number of methoxy groups -OCH3 is 2. The number of hydrogen-bond donors (Lipinski definition) is 0. The highest BCUT2D eigenvalue weighted by molar-refractivity contribution is 9.10. The second kappa shape index (κ2) is 8.15. The molecule has 0 N–H and O–H groups in total. The standard InChI is InChI=1S/C23H23BrN2O2/c1-27-21-10-6-19(7-11-21)25-14-15-26(20-8-12-22(28-2)13-9-20)23(25)17-4-3-5-18(24)16-17/h3-13,16,23H,14-15H2,1-2H3. The highest BCUT2D eigenvalue weighted by Gasteiger charge is 2.33. The van der Waals surface area contributed by atoms with Crippen molar-refractivity contribution in [3.8, 4) is 11.5 Å². The number of anilines is 2. The second-order valence-corrected chi connectivity index (χ2v) is 7.63. The predicted octanol–water partition coefficient (Wildman–Crippen LogP) is 5.49. The van der Waals surface area contributed by atoms with Crippen LogP contribution in [0.4, 0.5) is 11.4 Å². The van der Waals surface area contributed by atoms with Gasteiger partial charge in [-0.15, -0.1) is 0 Å². The molecule has 4 rings (SSSR count). The first-order valence-electron chi connectivity index (χ1n) is 9.26. The van der Waals surface area contributed by atoms with Crippen molar-refractivity contribution in [1.82, 2.24) is 0 Å². The van der Waals surface area contributed by atoms with E-state index in [0.717, 1.165) is 29.1 Å². The van der Waals surface area contributed by atoms with Crippen LogP contribution in [-0.2, 0) is 0 Å². The minimum absolute atomic E-state index is 0.110. The molecule has 1 heterocycles. The van der Waals surface area contributed by atoms with Crippen LogP contribution in [0, 0.1) is 0 Å². The van der Waals surface area contributed by atoms with Crippen molar-refractivity contribution in [2.24, 2.45) is 0 Å². The molecule has 5 heteroatoms. The highest BCUT2D eigenvalue weighted by Crippen LogP contribution is 2.39. The lowest BCUT2D eigenvalue weighted by Gasteiger charge is -2.33. The molecule has 1 saturated heterocycles. The summed E-state index contributed by atoms with van der Waals surface area (Å²) >= 11 is 3.63. The van der Waals surface area contributed by atoms with Gasteiger partial charge in [-0.1, -0.05) is 28.1 Å². The van der Waals surface area contributed by atoms with E-state index >= 15 is 0 Å². The fraction of sp³-hybridized carbons (Fsp3) is 0.217. The third kappa shape index (κ3) is 3.67. The largest absolute Gasteiger partial charge is 0.497 e. The molecule has 3 aromatic carbocycles. The summed E-state index contributed by atoms with van der Waals surface area (Å²) in [6.45, 7) is 1.88. The van der Waals surface area contributed by atoms with Gasteiger partial charge in [-0.3, -0.25) is 0 Å². The number of halogens is 1. The lowest BCUT2D eigenvalue weighted by atomic mass is 10.1. The Morgan fingerprint density at radius 3 is 1.68 bits per heavy atom. The van der Waals surface area contributed by atoms with Gasteiger partial charge in [0.2, 0.25) is 0 Å². The molecule has 0 spiro atoms. The Morgan fingerprint density at radius 2 is 1.25 bits per heavy atom. The maximum Gasteiger partial charge on any atom is 0.128 e. The van der Waals surface area contributed by atoms with Crippen molar-refractivity contribution < 1.29 is 9.47 Å². The van der Waals surface area contributed by atoms with Gasteiger partial charge in [0.05, 0.1) is 14.2 Å². The van der Waals surface area contributed by atoms with E-state index in [2.05, 4.69) is 74.3 Å². The zero-order chi connectivity index (χ0) is 19.5. The van der Waals surface area contributed by atoms with E-state index in [1.807, 2.05) is 24.3 Å². The van der Waals surface area contributed by atoms with Crippen molar-refractivity contribution in [3.05, 3.63) is 82.8 Å². The van der Waals surface area contributed by atoms with Crippen LogP contribution in [0.3, 0.4) is 0 Å². The molecular weight excluding hydrogens is 416 g/mol. The zero-order valence-corrected chi connectivity index (χ0v) is 17.6. The molecule has 4 nitrogen and oxygen atoms in total. The summed E-state index contributed by atoms with van der Waals surface area (Å²) in [5.74, 6) is 1.74. The second-order valence-electron chi connectivity index (χ2n) is 6.71. The molecule has 1 aliphatic heterocycles. The fourth-order valence-electron chi connectivity index (χ4n) is 3.74. The molecule has 1 fully saturated rings. The summed E-state index contributed by atoms with van der Waals surface area (Å²) in [4.78, 5) is 4.87. The van der Waals surface area contributed by atoms with Gasteiger partial charge in [-0.05, 0) is 66.2 Å². The average molecular weight is 439 g/mol. The van der Waals surface area contributed by atoms with Gasteiger partial charge >= 0.3 is 0 Å².